The summed E-state index contributed by atoms with van der Waals surface area (Å²) >= 11 is 0. The summed E-state index contributed by atoms with van der Waals surface area (Å²) in [5, 5.41) is 14.3. The number of rotatable bonds is 4. The molecule has 0 fully saturated rings. The molecule has 7 nitrogen and oxygen atoms in total. The van der Waals surface area contributed by atoms with Crippen LogP contribution < -0.4 is 10.9 Å². The van der Waals surface area contributed by atoms with E-state index < -0.39 is 0 Å². The molecule has 2 aromatic heterocycles. The highest BCUT2D eigenvalue weighted by atomic mass is 16.3. The molecule has 7 heteroatoms. The fourth-order valence-corrected chi connectivity index (χ4v) is 2.14. The molecule has 2 heterocycles. The Morgan fingerprint density at radius 1 is 1.55 bits per heavy atom. The van der Waals surface area contributed by atoms with Gasteiger partial charge in [0.05, 0.1) is 13.0 Å². The van der Waals surface area contributed by atoms with Gasteiger partial charge in [0.2, 0.25) is 5.91 Å². The van der Waals surface area contributed by atoms with E-state index in [0.717, 1.165) is 11.3 Å². The van der Waals surface area contributed by atoms with Crippen molar-refractivity contribution in [2.24, 2.45) is 0 Å². The Labute approximate surface area is 115 Å². The number of H-pyrrole nitrogens is 1. The second-order valence-electron chi connectivity index (χ2n) is 4.90. The van der Waals surface area contributed by atoms with Crippen molar-refractivity contribution >= 4 is 11.6 Å². The Kier molecular flexibility index (Phi) is 3.89. The molecule has 1 amide bonds. The van der Waals surface area contributed by atoms with Crippen LogP contribution in [0.5, 0.6) is 0 Å². The topological polar surface area (TPSA) is 99.5 Å². The van der Waals surface area contributed by atoms with Crippen molar-refractivity contribution in [3.63, 3.8) is 0 Å². The molecule has 0 saturated carbocycles. The SMILES string of the molecule is Cc1nc2cc(=O)[nH]n2c(C)c1CC(=O)NC(C)CO. The molecular formula is C13H18N4O3. The van der Waals surface area contributed by atoms with E-state index >= 15 is 0 Å². The maximum absolute atomic E-state index is 11.9. The van der Waals surface area contributed by atoms with E-state index in [1.54, 1.807) is 11.4 Å². The molecule has 0 saturated heterocycles. The van der Waals surface area contributed by atoms with Crippen molar-refractivity contribution in [3.05, 3.63) is 33.4 Å². The van der Waals surface area contributed by atoms with Crippen LogP contribution in [0, 0.1) is 13.8 Å². The van der Waals surface area contributed by atoms with Gasteiger partial charge < -0.3 is 10.4 Å². The van der Waals surface area contributed by atoms with E-state index in [9.17, 15) is 9.59 Å². The molecule has 0 radical (unpaired) electrons. The Bertz CT molecular complexity index is 701. The van der Waals surface area contributed by atoms with Gasteiger partial charge in [-0.3, -0.25) is 14.7 Å². The van der Waals surface area contributed by atoms with Crippen LogP contribution in [0.25, 0.3) is 5.65 Å². The van der Waals surface area contributed by atoms with Crippen molar-refractivity contribution in [3.8, 4) is 0 Å². The number of aryl methyl sites for hydroxylation is 2. The number of aromatic amines is 1. The summed E-state index contributed by atoms with van der Waals surface area (Å²) in [6.45, 7) is 5.26. The predicted octanol–water partition coefficient (Wildman–Crippen LogP) is -0.321. The first-order valence-electron chi connectivity index (χ1n) is 6.40. The quantitative estimate of drug-likeness (QED) is 0.713. The molecule has 2 rings (SSSR count). The number of fused-ring (bicyclic) bond motifs is 1. The van der Waals surface area contributed by atoms with Crippen LogP contribution in [-0.2, 0) is 11.2 Å². The standard InChI is InChI=1S/C13H18N4O3/c1-7(6-18)14-12(19)4-10-8(2)15-11-5-13(20)16-17(11)9(10)3/h5,7,18H,4,6H2,1-3H3,(H,14,19)(H,16,20). The number of nitrogens with one attached hydrogen (secondary N) is 2. The molecule has 20 heavy (non-hydrogen) atoms. The number of hydrogen-bond acceptors (Lipinski definition) is 4. The van der Waals surface area contributed by atoms with E-state index in [4.69, 9.17) is 5.11 Å². The summed E-state index contributed by atoms with van der Waals surface area (Å²) in [6, 6.07) is 1.13. The zero-order valence-electron chi connectivity index (χ0n) is 11.7. The second kappa shape index (κ2) is 5.46. The molecule has 1 atom stereocenters. The maximum Gasteiger partial charge on any atom is 0.266 e. The fraction of sp³-hybridized carbons (Fsp3) is 0.462. The highest BCUT2D eigenvalue weighted by Crippen LogP contribution is 2.13. The number of nitrogens with zero attached hydrogens (tertiary/aromatic N) is 2. The number of amides is 1. The summed E-state index contributed by atoms with van der Waals surface area (Å²) in [4.78, 5) is 27.6. The van der Waals surface area contributed by atoms with Crippen molar-refractivity contribution in [1.82, 2.24) is 19.9 Å². The molecular weight excluding hydrogens is 260 g/mol. The Morgan fingerprint density at radius 2 is 2.25 bits per heavy atom. The smallest absolute Gasteiger partial charge is 0.266 e. The number of aliphatic hydroxyl groups is 1. The monoisotopic (exact) mass is 278 g/mol. The molecule has 0 aliphatic rings. The van der Waals surface area contributed by atoms with Gasteiger partial charge in [-0.15, -0.1) is 0 Å². The fourth-order valence-electron chi connectivity index (χ4n) is 2.14. The molecule has 0 aromatic carbocycles. The van der Waals surface area contributed by atoms with Gasteiger partial charge in [-0.25, -0.2) is 9.50 Å². The zero-order valence-corrected chi connectivity index (χ0v) is 11.7. The van der Waals surface area contributed by atoms with Gasteiger partial charge in [-0.05, 0) is 20.8 Å². The number of hydrogen-bond donors (Lipinski definition) is 3. The van der Waals surface area contributed by atoms with Crippen molar-refractivity contribution in [2.75, 3.05) is 6.61 Å². The normalized spacial score (nSPS) is 12.6. The first-order valence-corrected chi connectivity index (χ1v) is 6.40. The van der Waals surface area contributed by atoms with E-state index in [1.807, 2.05) is 13.8 Å². The van der Waals surface area contributed by atoms with Crippen molar-refractivity contribution in [2.45, 2.75) is 33.2 Å². The summed E-state index contributed by atoms with van der Waals surface area (Å²) in [5.74, 6) is -0.187. The zero-order chi connectivity index (χ0) is 14.9. The lowest BCUT2D eigenvalue weighted by Gasteiger charge is -2.14. The third-order valence-electron chi connectivity index (χ3n) is 3.22. The van der Waals surface area contributed by atoms with E-state index in [0.29, 0.717) is 11.3 Å². The van der Waals surface area contributed by atoms with Gasteiger partial charge in [-0.2, -0.15) is 0 Å². The Morgan fingerprint density at radius 3 is 2.90 bits per heavy atom. The van der Waals surface area contributed by atoms with Crippen molar-refractivity contribution < 1.29 is 9.90 Å². The van der Waals surface area contributed by atoms with Crippen LogP contribution in [0.2, 0.25) is 0 Å². The molecule has 108 valence electrons. The third-order valence-corrected chi connectivity index (χ3v) is 3.22. The van der Waals surface area contributed by atoms with Crippen LogP contribution >= 0.6 is 0 Å². The lowest BCUT2D eigenvalue weighted by Crippen LogP contribution is -2.36. The minimum Gasteiger partial charge on any atom is -0.394 e. The average Bonchev–Trinajstić information content (AvgIpc) is 2.75. The number of carbonyl (C=O) groups is 1. The van der Waals surface area contributed by atoms with Gasteiger partial charge in [-0.1, -0.05) is 0 Å². The summed E-state index contributed by atoms with van der Waals surface area (Å²) < 4.78 is 1.58. The van der Waals surface area contributed by atoms with E-state index in [2.05, 4.69) is 15.4 Å². The van der Waals surface area contributed by atoms with Crippen LogP contribution in [0.4, 0.5) is 0 Å². The first kappa shape index (κ1) is 14.3. The third kappa shape index (κ3) is 2.72. The number of aromatic nitrogens is 3. The Balaban J connectivity index is 2.34. The van der Waals surface area contributed by atoms with Gasteiger partial charge in [0.1, 0.15) is 0 Å². The number of aliphatic hydroxyl groups excluding tert-OH is 1. The molecule has 1 unspecified atom stereocenters. The highest BCUT2D eigenvalue weighted by molar-refractivity contribution is 5.79. The summed E-state index contributed by atoms with van der Waals surface area (Å²) in [6.07, 6.45) is 0.158. The lowest BCUT2D eigenvalue weighted by molar-refractivity contribution is -0.121. The molecule has 3 N–H and O–H groups in total. The molecule has 0 spiro atoms. The van der Waals surface area contributed by atoms with E-state index in [-0.39, 0.29) is 30.5 Å². The summed E-state index contributed by atoms with van der Waals surface area (Å²) in [7, 11) is 0. The van der Waals surface area contributed by atoms with Gasteiger partial charge in [0.15, 0.2) is 5.65 Å². The maximum atomic E-state index is 11.9. The lowest BCUT2D eigenvalue weighted by atomic mass is 10.1. The highest BCUT2D eigenvalue weighted by Gasteiger charge is 2.15. The average molecular weight is 278 g/mol. The minimum atomic E-state index is -0.286. The largest absolute Gasteiger partial charge is 0.394 e. The first-order chi connectivity index (χ1) is 9.42. The Hall–Kier alpha value is -2.15. The number of carbonyl (C=O) groups excluding carboxylic acids is 1. The summed E-state index contributed by atoms with van der Waals surface area (Å²) in [5.41, 5.74) is 2.58. The van der Waals surface area contributed by atoms with Crippen LogP contribution in [0.15, 0.2) is 10.9 Å². The molecule has 0 aliphatic carbocycles. The minimum absolute atomic E-state index is 0.105. The van der Waals surface area contributed by atoms with Crippen molar-refractivity contribution in [1.29, 1.82) is 0 Å². The van der Waals surface area contributed by atoms with Gasteiger partial charge >= 0.3 is 0 Å². The van der Waals surface area contributed by atoms with E-state index in [1.165, 1.54) is 6.07 Å². The van der Waals surface area contributed by atoms with Crippen LogP contribution in [0.3, 0.4) is 0 Å². The molecule has 0 aliphatic heterocycles. The predicted molar refractivity (Wildman–Crippen MR) is 73.7 cm³/mol. The molecule has 0 bridgehead atoms. The second-order valence-corrected chi connectivity index (χ2v) is 4.90. The molecule has 2 aromatic rings. The van der Waals surface area contributed by atoms with Gasteiger partial charge in [0.25, 0.3) is 5.56 Å². The van der Waals surface area contributed by atoms with Crippen LogP contribution in [0.1, 0.15) is 23.9 Å². The van der Waals surface area contributed by atoms with Gasteiger partial charge in [0, 0.05) is 29.1 Å². The van der Waals surface area contributed by atoms with Crippen LogP contribution in [-0.4, -0.2) is 38.3 Å².